The maximum absolute atomic E-state index is 12.1. The summed E-state index contributed by atoms with van der Waals surface area (Å²) in [5, 5.41) is 9.39. The van der Waals surface area contributed by atoms with Crippen molar-refractivity contribution in [3.05, 3.63) is 0 Å². The molecule has 0 aromatic heterocycles. The largest absolute Gasteiger partial charge is 0.479 e. The Balaban J connectivity index is 2.41. The molecule has 0 aromatic carbocycles. The molecule has 1 saturated heterocycles. The fraction of sp³-hybridized carbons (Fsp3) is 0.750. The zero-order chi connectivity index (χ0) is 12.8. The predicted molar refractivity (Wildman–Crippen MR) is 59.0 cm³/mol. The molecule has 2 unspecified atom stereocenters. The van der Waals surface area contributed by atoms with Gasteiger partial charge in [-0.1, -0.05) is 26.7 Å². The highest BCUT2D eigenvalue weighted by molar-refractivity contribution is 6.08. The summed E-state index contributed by atoms with van der Waals surface area (Å²) < 4.78 is 0. The van der Waals surface area contributed by atoms with Gasteiger partial charge in [0.2, 0.25) is 11.8 Å². The fourth-order valence-electron chi connectivity index (χ4n) is 2.86. The minimum Gasteiger partial charge on any atom is -0.479 e. The van der Waals surface area contributed by atoms with E-state index < -0.39 is 23.3 Å². The van der Waals surface area contributed by atoms with E-state index >= 15 is 0 Å². The lowest BCUT2D eigenvalue weighted by atomic mass is 9.95. The van der Waals surface area contributed by atoms with Crippen molar-refractivity contribution in [3.8, 4) is 0 Å². The molecule has 1 aliphatic heterocycles. The van der Waals surface area contributed by atoms with Crippen LogP contribution in [-0.4, -0.2) is 33.3 Å². The van der Waals surface area contributed by atoms with Crippen molar-refractivity contribution in [2.24, 2.45) is 11.8 Å². The Labute approximate surface area is 99.8 Å². The molecule has 1 N–H and O–H groups in total. The van der Waals surface area contributed by atoms with Gasteiger partial charge in [-0.25, -0.2) is 4.79 Å². The van der Waals surface area contributed by atoms with E-state index in [-0.39, 0.29) is 11.8 Å². The zero-order valence-corrected chi connectivity index (χ0v) is 10.1. The van der Waals surface area contributed by atoms with E-state index in [0.29, 0.717) is 12.8 Å². The number of aliphatic carboxylic acids is 1. The predicted octanol–water partition coefficient (Wildman–Crippen LogP) is 1.02. The lowest BCUT2D eigenvalue weighted by Gasteiger charge is -2.33. The number of carboxylic acid groups (broad SMARTS) is 1. The topological polar surface area (TPSA) is 74.7 Å². The molecule has 1 saturated carbocycles. The smallest absolute Gasteiger partial charge is 0.330 e. The number of nitrogens with zero attached hydrogens (tertiary/aromatic N) is 1. The van der Waals surface area contributed by atoms with Crippen molar-refractivity contribution in [1.29, 1.82) is 0 Å². The van der Waals surface area contributed by atoms with Gasteiger partial charge in [0.25, 0.3) is 0 Å². The van der Waals surface area contributed by atoms with E-state index in [9.17, 15) is 19.5 Å². The van der Waals surface area contributed by atoms with Crippen molar-refractivity contribution in [3.63, 3.8) is 0 Å². The summed E-state index contributed by atoms with van der Waals surface area (Å²) in [7, 11) is 0. The van der Waals surface area contributed by atoms with Crippen molar-refractivity contribution in [2.75, 3.05) is 0 Å². The molecule has 94 valence electrons. The van der Waals surface area contributed by atoms with Crippen LogP contribution in [0, 0.1) is 11.8 Å². The van der Waals surface area contributed by atoms with Gasteiger partial charge < -0.3 is 5.11 Å². The second-order valence-electron chi connectivity index (χ2n) is 5.13. The SMILES string of the molecule is CC1C(=O)N(C2(C(=O)O)CCCC2)C(=O)C1C. The number of amides is 2. The summed E-state index contributed by atoms with van der Waals surface area (Å²) >= 11 is 0. The first kappa shape index (κ1) is 12.1. The van der Waals surface area contributed by atoms with Crippen LogP contribution in [0.25, 0.3) is 0 Å². The van der Waals surface area contributed by atoms with Crippen LogP contribution in [0.15, 0.2) is 0 Å². The number of hydrogen-bond donors (Lipinski definition) is 1. The van der Waals surface area contributed by atoms with Crippen molar-refractivity contribution in [1.82, 2.24) is 4.90 Å². The molecule has 2 aliphatic rings. The number of carbonyl (C=O) groups excluding carboxylic acids is 2. The molecule has 1 heterocycles. The van der Waals surface area contributed by atoms with Gasteiger partial charge in [-0.3, -0.25) is 14.5 Å². The van der Waals surface area contributed by atoms with E-state index in [0.717, 1.165) is 17.7 Å². The average molecular weight is 239 g/mol. The van der Waals surface area contributed by atoms with Gasteiger partial charge in [-0.05, 0) is 12.8 Å². The van der Waals surface area contributed by atoms with Crippen LogP contribution in [0.2, 0.25) is 0 Å². The Kier molecular flexibility index (Phi) is 2.72. The molecule has 5 heteroatoms. The van der Waals surface area contributed by atoms with Crippen LogP contribution >= 0.6 is 0 Å². The maximum Gasteiger partial charge on any atom is 0.330 e. The first-order valence-corrected chi connectivity index (χ1v) is 6.03. The highest BCUT2D eigenvalue weighted by Gasteiger charge is 2.57. The van der Waals surface area contributed by atoms with Gasteiger partial charge >= 0.3 is 5.97 Å². The van der Waals surface area contributed by atoms with Crippen LogP contribution in [0.1, 0.15) is 39.5 Å². The number of imide groups is 1. The first-order valence-electron chi connectivity index (χ1n) is 6.03. The molecule has 0 radical (unpaired) electrons. The van der Waals surface area contributed by atoms with Crippen molar-refractivity contribution < 1.29 is 19.5 Å². The van der Waals surface area contributed by atoms with Gasteiger partial charge in [0, 0.05) is 11.8 Å². The molecule has 1 aliphatic carbocycles. The van der Waals surface area contributed by atoms with Gasteiger partial charge in [0.15, 0.2) is 0 Å². The van der Waals surface area contributed by atoms with Gasteiger partial charge in [-0.15, -0.1) is 0 Å². The molecule has 2 fully saturated rings. The highest BCUT2D eigenvalue weighted by Crippen LogP contribution is 2.41. The number of rotatable bonds is 2. The molecule has 2 amide bonds. The Morgan fingerprint density at radius 1 is 1.18 bits per heavy atom. The Hall–Kier alpha value is -1.39. The monoisotopic (exact) mass is 239 g/mol. The molecule has 0 aromatic rings. The summed E-state index contributed by atoms with van der Waals surface area (Å²) in [6, 6.07) is 0. The molecule has 17 heavy (non-hydrogen) atoms. The number of likely N-dealkylation sites (tertiary alicyclic amines) is 1. The van der Waals surface area contributed by atoms with E-state index in [2.05, 4.69) is 0 Å². The molecular weight excluding hydrogens is 222 g/mol. The maximum atomic E-state index is 12.1. The molecule has 5 nitrogen and oxygen atoms in total. The van der Waals surface area contributed by atoms with E-state index in [1.54, 1.807) is 13.8 Å². The molecule has 2 atom stereocenters. The fourth-order valence-corrected chi connectivity index (χ4v) is 2.86. The third-order valence-electron chi connectivity index (χ3n) is 4.23. The number of hydrogen-bond acceptors (Lipinski definition) is 3. The Bertz CT molecular complexity index is 364. The van der Waals surface area contributed by atoms with Crippen molar-refractivity contribution in [2.45, 2.75) is 45.1 Å². The second-order valence-corrected chi connectivity index (χ2v) is 5.13. The van der Waals surface area contributed by atoms with E-state index in [4.69, 9.17) is 0 Å². The second kappa shape index (κ2) is 3.82. The summed E-state index contributed by atoms with van der Waals surface area (Å²) in [4.78, 5) is 36.6. The van der Waals surface area contributed by atoms with Gasteiger partial charge in [-0.2, -0.15) is 0 Å². The Morgan fingerprint density at radius 3 is 1.94 bits per heavy atom. The van der Waals surface area contributed by atoms with Crippen LogP contribution in [-0.2, 0) is 14.4 Å². The lowest BCUT2D eigenvalue weighted by Crippen LogP contribution is -2.55. The Morgan fingerprint density at radius 2 is 1.59 bits per heavy atom. The van der Waals surface area contributed by atoms with Crippen LogP contribution in [0.4, 0.5) is 0 Å². The molecule has 2 rings (SSSR count). The molecule has 0 spiro atoms. The van der Waals surface area contributed by atoms with Crippen LogP contribution < -0.4 is 0 Å². The van der Waals surface area contributed by atoms with Gasteiger partial charge in [0.1, 0.15) is 5.54 Å². The van der Waals surface area contributed by atoms with Crippen LogP contribution in [0.5, 0.6) is 0 Å². The van der Waals surface area contributed by atoms with E-state index in [1.807, 2.05) is 0 Å². The minimum atomic E-state index is -1.27. The number of carbonyl (C=O) groups is 3. The third kappa shape index (κ3) is 1.48. The quantitative estimate of drug-likeness (QED) is 0.730. The van der Waals surface area contributed by atoms with E-state index in [1.165, 1.54) is 0 Å². The summed E-state index contributed by atoms with van der Waals surface area (Å²) in [5.74, 6) is -2.50. The molecule has 0 bridgehead atoms. The number of carboxylic acids is 1. The third-order valence-corrected chi connectivity index (χ3v) is 4.23. The standard InChI is InChI=1S/C12H17NO4/c1-7-8(2)10(15)13(9(7)14)12(11(16)17)5-3-4-6-12/h7-8H,3-6H2,1-2H3,(H,16,17). The summed E-state index contributed by atoms with van der Waals surface area (Å²) in [5.41, 5.74) is -1.27. The summed E-state index contributed by atoms with van der Waals surface area (Å²) in [6.07, 6.45) is 2.29. The summed E-state index contributed by atoms with van der Waals surface area (Å²) in [6.45, 7) is 3.38. The average Bonchev–Trinajstić information content (AvgIpc) is 2.82. The normalized spacial score (nSPS) is 32.2. The zero-order valence-electron chi connectivity index (χ0n) is 10.1. The van der Waals surface area contributed by atoms with Gasteiger partial charge in [0.05, 0.1) is 0 Å². The molecular formula is C12H17NO4. The van der Waals surface area contributed by atoms with Crippen molar-refractivity contribution >= 4 is 17.8 Å². The van der Waals surface area contributed by atoms with Crippen LogP contribution in [0.3, 0.4) is 0 Å². The first-order chi connectivity index (χ1) is 7.92. The minimum absolute atomic E-state index is 0.327. The lowest BCUT2D eigenvalue weighted by molar-refractivity contribution is -0.163. The highest BCUT2D eigenvalue weighted by atomic mass is 16.4.